The molecule has 0 amide bonds. The molecule has 0 bridgehead atoms. The van der Waals surface area contributed by atoms with Crippen LogP contribution in [0.1, 0.15) is 23.7 Å². The Morgan fingerprint density at radius 3 is 2.28 bits per heavy atom. The SMILES string of the molecule is OCCSCC(O)CC(O)c1ccc(CO)cc1. The Morgan fingerprint density at radius 1 is 1.06 bits per heavy atom. The molecule has 0 saturated carbocycles. The van der Waals surface area contributed by atoms with E-state index in [9.17, 15) is 10.2 Å². The highest BCUT2D eigenvalue weighted by molar-refractivity contribution is 7.99. The highest BCUT2D eigenvalue weighted by Crippen LogP contribution is 2.20. The molecule has 2 atom stereocenters. The average molecular weight is 272 g/mol. The first-order valence-corrected chi connectivity index (χ1v) is 7.07. The van der Waals surface area contributed by atoms with Crippen LogP contribution >= 0.6 is 11.8 Å². The fraction of sp³-hybridized carbons (Fsp3) is 0.538. The summed E-state index contributed by atoms with van der Waals surface area (Å²) in [5.74, 6) is 1.10. The van der Waals surface area contributed by atoms with Crippen LogP contribution in [0.2, 0.25) is 0 Å². The maximum atomic E-state index is 9.93. The molecule has 18 heavy (non-hydrogen) atoms. The van der Waals surface area contributed by atoms with E-state index in [0.717, 1.165) is 11.1 Å². The maximum Gasteiger partial charge on any atom is 0.0815 e. The molecule has 5 heteroatoms. The predicted molar refractivity (Wildman–Crippen MR) is 72.4 cm³/mol. The van der Waals surface area contributed by atoms with E-state index in [1.807, 2.05) is 0 Å². The normalized spacial score (nSPS) is 14.4. The molecule has 0 aliphatic rings. The third kappa shape index (κ3) is 5.37. The van der Waals surface area contributed by atoms with E-state index in [2.05, 4.69) is 0 Å². The van der Waals surface area contributed by atoms with Crippen LogP contribution in [-0.4, -0.2) is 44.6 Å². The molecule has 0 fully saturated rings. The summed E-state index contributed by atoms with van der Waals surface area (Å²) in [7, 11) is 0. The molecular formula is C13H20O4S. The van der Waals surface area contributed by atoms with Crippen molar-refractivity contribution in [2.75, 3.05) is 18.1 Å². The Labute approximate surface area is 111 Å². The van der Waals surface area contributed by atoms with Gasteiger partial charge in [0.1, 0.15) is 0 Å². The average Bonchev–Trinajstić information content (AvgIpc) is 2.39. The van der Waals surface area contributed by atoms with Crippen molar-refractivity contribution in [2.45, 2.75) is 25.2 Å². The highest BCUT2D eigenvalue weighted by atomic mass is 32.2. The molecular weight excluding hydrogens is 252 g/mol. The lowest BCUT2D eigenvalue weighted by Gasteiger charge is -2.16. The van der Waals surface area contributed by atoms with Crippen molar-refractivity contribution in [3.8, 4) is 0 Å². The van der Waals surface area contributed by atoms with Crippen molar-refractivity contribution in [1.29, 1.82) is 0 Å². The third-order valence-electron chi connectivity index (χ3n) is 2.59. The van der Waals surface area contributed by atoms with E-state index in [0.29, 0.717) is 11.5 Å². The Hall–Kier alpha value is -0.590. The first kappa shape index (κ1) is 15.5. The first-order valence-electron chi connectivity index (χ1n) is 5.91. The maximum absolute atomic E-state index is 9.93. The van der Waals surface area contributed by atoms with Crippen LogP contribution in [0.5, 0.6) is 0 Å². The zero-order valence-corrected chi connectivity index (χ0v) is 11.0. The van der Waals surface area contributed by atoms with Crippen molar-refractivity contribution < 1.29 is 20.4 Å². The molecule has 4 nitrogen and oxygen atoms in total. The van der Waals surface area contributed by atoms with Crippen molar-refractivity contribution in [2.24, 2.45) is 0 Å². The van der Waals surface area contributed by atoms with Crippen molar-refractivity contribution >= 4 is 11.8 Å². The van der Waals surface area contributed by atoms with Gasteiger partial charge in [-0.25, -0.2) is 0 Å². The van der Waals surface area contributed by atoms with Gasteiger partial charge in [-0.1, -0.05) is 24.3 Å². The van der Waals surface area contributed by atoms with Crippen LogP contribution in [0.3, 0.4) is 0 Å². The van der Waals surface area contributed by atoms with Gasteiger partial charge in [0.2, 0.25) is 0 Å². The minimum absolute atomic E-state index is 0.0171. The minimum atomic E-state index is -0.706. The van der Waals surface area contributed by atoms with Crippen LogP contribution in [0.4, 0.5) is 0 Å². The van der Waals surface area contributed by atoms with E-state index in [-0.39, 0.29) is 19.6 Å². The zero-order valence-electron chi connectivity index (χ0n) is 10.2. The lowest BCUT2D eigenvalue weighted by atomic mass is 10.0. The molecule has 0 aliphatic heterocycles. The summed E-state index contributed by atoms with van der Waals surface area (Å²) in [5, 5.41) is 37.2. The fourth-order valence-electron chi connectivity index (χ4n) is 1.59. The van der Waals surface area contributed by atoms with Gasteiger partial charge >= 0.3 is 0 Å². The molecule has 0 spiro atoms. The monoisotopic (exact) mass is 272 g/mol. The van der Waals surface area contributed by atoms with E-state index >= 15 is 0 Å². The summed E-state index contributed by atoms with van der Waals surface area (Å²) in [6.45, 7) is 0.0827. The molecule has 0 heterocycles. The zero-order chi connectivity index (χ0) is 13.4. The van der Waals surface area contributed by atoms with Gasteiger partial charge in [-0.3, -0.25) is 0 Å². The number of rotatable bonds is 8. The van der Waals surface area contributed by atoms with Gasteiger partial charge in [0.15, 0.2) is 0 Å². The quantitative estimate of drug-likeness (QED) is 0.524. The van der Waals surface area contributed by atoms with Gasteiger partial charge in [-0.2, -0.15) is 11.8 Å². The molecule has 0 aromatic heterocycles. The van der Waals surface area contributed by atoms with E-state index in [1.54, 1.807) is 24.3 Å². The number of thioether (sulfide) groups is 1. The second-order valence-electron chi connectivity index (χ2n) is 4.10. The minimum Gasteiger partial charge on any atom is -0.396 e. The molecule has 1 aromatic carbocycles. The lowest BCUT2D eigenvalue weighted by molar-refractivity contribution is 0.0930. The largest absolute Gasteiger partial charge is 0.396 e. The summed E-state index contributed by atoms with van der Waals surface area (Å²) in [6, 6.07) is 7.02. The van der Waals surface area contributed by atoms with Crippen LogP contribution in [0.15, 0.2) is 24.3 Å². The molecule has 1 rings (SSSR count). The van der Waals surface area contributed by atoms with Crippen molar-refractivity contribution in [3.63, 3.8) is 0 Å². The van der Waals surface area contributed by atoms with Gasteiger partial charge in [0.05, 0.1) is 25.4 Å². The summed E-state index contributed by atoms with van der Waals surface area (Å²) in [4.78, 5) is 0. The first-order chi connectivity index (χ1) is 8.67. The number of benzene rings is 1. The lowest BCUT2D eigenvalue weighted by Crippen LogP contribution is -2.15. The van der Waals surface area contributed by atoms with Gasteiger partial charge in [-0.05, 0) is 11.1 Å². The van der Waals surface area contributed by atoms with Crippen LogP contribution in [0, 0.1) is 0 Å². The Kier molecular flexibility index (Phi) is 7.31. The van der Waals surface area contributed by atoms with E-state index < -0.39 is 12.2 Å². The standard InChI is InChI=1S/C13H20O4S/c14-5-6-18-9-12(16)7-13(17)11-3-1-10(8-15)2-4-11/h1-4,12-17H,5-9H2. The number of hydrogen-bond acceptors (Lipinski definition) is 5. The Balaban J connectivity index is 2.40. The number of aliphatic hydroxyl groups excluding tert-OH is 4. The van der Waals surface area contributed by atoms with Crippen molar-refractivity contribution in [1.82, 2.24) is 0 Å². The molecule has 0 radical (unpaired) electrons. The van der Waals surface area contributed by atoms with Gasteiger partial charge in [-0.15, -0.1) is 0 Å². The van der Waals surface area contributed by atoms with E-state index in [1.165, 1.54) is 11.8 Å². The molecule has 4 N–H and O–H groups in total. The second kappa shape index (κ2) is 8.50. The molecule has 102 valence electrons. The third-order valence-corrected chi connectivity index (χ3v) is 3.68. The summed E-state index contributed by atoms with van der Waals surface area (Å²) >= 11 is 1.46. The Bertz CT molecular complexity index is 328. The van der Waals surface area contributed by atoms with Crippen LogP contribution in [0.25, 0.3) is 0 Å². The smallest absolute Gasteiger partial charge is 0.0815 e. The molecule has 0 aliphatic carbocycles. The van der Waals surface area contributed by atoms with Gasteiger partial charge in [0.25, 0.3) is 0 Å². The van der Waals surface area contributed by atoms with Crippen molar-refractivity contribution in [3.05, 3.63) is 35.4 Å². The molecule has 0 saturated heterocycles. The summed E-state index contributed by atoms with van der Waals surface area (Å²) in [5.41, 5.74) is 1.53. The molecule has 1 aromatic rings. The number of hydrogen-bond donors (Lipinski definition) is 4. The Morgan fingerprint density at radius 2 is 1.72 bits per heavy atom. The van der Waals surface area contributed by atoms with Crippen LogP contribution in [-0.2, 0) is 6.61 Å². The number of aliphatic hydroxyl groups is 4. The summed E-state index contributed by atoms with van der Waals surface area (Å²) < 4.78 is 0. The van der Waals surface area contributed by atoms with Crippen LogP contribution < -0.4 is 0 Å². The second-order valence-corrected chi connectivity index (χ2v) is 5.25. The van der Waals surface area contributed by atoms with Gasteiger partial charge in [0, 0.05) is 17.9 Å². The topological polar surface area (TPSA) is 80.9 Å². The summed E-state index contributed by atoms with van der Waals surface area (Å²) in [6.07, 6.45) is -1.02. The van der Waals surface area contributed by atoms with Gasteiger partial charge < -0.3 is 20.4 Å². The van der Waals surface area contributed by atoms with E-state index in [4.69, 9.17) is 10.2 Å². The fourth-order valence-corrected chi connectivity index (χ4v) is 2.29. The molecule has 2 unspecified atom stereocenters. The highest BCUT2D eigenvalue weighted by Gasteiger charge is 2.13. The predicted octanol–water partition coefficient (Wildman–Crippen LogP) is 0.689.